The van der Waals surface area contributed by atoms with E-state index >= 15 is 0 Å². The molecule has 112 valence electrons. The van der Waals surface area contributed by atoms with Crippen LogP contribution in [0.5, 0.6) is 0 Å². The molecule has 0 radical (unpaired) electrons. The molecule has 1 aromatic rings. The van der Waals surface area contributed by atoms with Gasteiger partial charge in [0, 0.05) is 5.69 Å². The number of rotatable bonds is 6. The van der Waals surface area contributed by atoms with Gasteiger partial charge < -0.3 is 15.8 Å². The van der Waals surface area contributed by atoms with Crippen molar-refractivity contribution in [3.8, 4) is 0 Å². The highest BCUT2D eigenvalue weighted by molar-refractivity contribution is 5.76. The number of benzene rings is 1. The molecule has 3 N–H and O–H groups in total. The van der Waals surface area contributed by atoms with E-state index in [1.165, 1.54) is 0 Å². The van der Waals surface area contributed by atoms with Gasteiger partial charge in [-0.2, -0.15) is 0 Å². The number of anilines is 1. The quantitative estimate of drug-likeness (QED) is 0.620. The first-order valence-electron chi connectivity index (χ1n) is 7.12. The summed E-state index contributed by atoms with van der Waals surface area (Å²) in [6.45, 7) is 8.34. The van der Waals surface area contributed by atoms with E-state index in [1.807, 2.05) is 52.0 Å². The number of nitrogen functional groups attached to an aromatic ring is 1. The van der Waals surface area contributed by atoms with Gasteiger partial charge in [-0.3, -0.25) is 4.79 Å². The van der Waals surface area contributed by atoms with Gasteiger partial charge in [0.2, 0.25) is 0 Å². The lowest BCUT2D eigenvalue weighted by Crippen LogP contribution is -2.41. The van der Waals surface area contributed by atoms with Gasteiger partial charge in [-0.1, -0.05) is 19.1 Å². The van der Waals surface area contributed by atoms with Gasteiger partial charge in [-0.05, 0) is 57.9 Å². The lowest BCUT2D eigenvalue weighted by molar-refractivity contribution is -0.157. The molecule has 0 saturated heterocycles. The fourth-order valence-electron chi connectivity index (χ4n) is 1.91. The molecule has 0 aliphatic rings. The van der Waals surface area contributed by atoms with Crippen molar-refractivity contribution in [3.05, 3.63) is 29.8 Å². The molecular formula is C16H26N2O2. The molecule has 0 heterocycles. The van der Waals surface area contributed by atoms with Gasteiger partial charge in [0.1, 0.15) is 11.6 Å². The van der Waals surface area contributed by atoms with Gasteiger partial charge in [-0.25, -0.2) is 0 Å². The third-order valence-corrected chi connectivity index (χ3v) is 2.85. The normalized spacial score (nSPS) is 13.0. The molecule has 0 saturated carbocycles. The molecule has 0 spiro atoms. The van der Waals surface area contributed by atoms with E-state index in [0.717, 1.165) is 24.2 Å². The van der Waals surface area contributed by atoms with E-state index in [1.54, 1.807) is 0 Å². The monoisotopic (exact) mass is 278 g/mol. The molecule has 1 unspecified atom stereocenters. The molecule has 0 amide bonds. The molecule has 0 aliphatic heterocycles. The molecule has 1 aromatic carbocycles. The van der Waals surface area contributed by atoms with E-state index in [0.29, 0.717) is 6.42 Å². The van der Waals surface area contributed by atoms with Crippen LogP contribution in [-0.2, 0) is 16.0 Å². The number of hydrogen-bond acceptors (Lipinski definition) is 4. The Kier molecular flexibility index (Phi) is 6.02. The summed E-state index contributed by atoms with van der Waals surface area (Å²) < 4.78 is 5.39. The van der Waals surface area contributed by atoms with Gasteiger partial charge in [0.25, 0.3) is 0 Å². The van der Waals surface area contributed by atoms with Crippen molar-refractivity contribution >= 4 is 11.7 Å². The summed E-state index contributed by atoms with van der Waals surface area (Å²) in [5.41, 5.74) is 7.22. The summed E-state index contributed by atoms with van der Waals surface area (Å²) in [5.74, 6) is -0.187. The van der Waals surface area contributed by atoms with Crippen LogP contribution in [0, 0.1) is 0 Å². The Morgan fingerprint density at radius 2 is 2.10 bits per heavy atom. The Morgan fingerprint density at radius 3 is 2.65 bits per heavy atom. The first-order chi connectivity index (χ1) is 9.31. The molecule has 0 bridgehead atoms. The minimum Gasteiger partial charge on any atom is -0.459 e. The molecule has 0 fully saturated rings. The maximum atomic E-state index is 12.0. The first kappa shape index (κ1) is 16.5. The summed E-state index contributed by atoms with van der Waals surface area (Å²) in [7, 11) is 0. The van der Waals surface area contributed by atoms with Crippen LogP contribution in [-0.4, -0.2) is 24.2 Å². The number of esters is 1. The average Bonchev–Trinajstić information content (AvgIpc) is 2.32. The minimum absolute atomic E-state index is 0.187. The molecular weight excluding hydrogens is 252 g/mol. The van der Waals surface area contributed by atoms with Crippen molar-refractivity contribution in [1.29, 1.82) is 0 Å². The lowest BCUT2D eigenvalue weighted by Gasteiger charge is -2.24. The van der Waals surface area contributed by atoms with Gasteiger partial charge >= 0.3 is 5.97 Å². The highest BCUT2D eigenvalue weighted by atomic mass is 16.6. The van der Waals surface area contributed by atoms with E-state index in [9.17, 15) is 4.79 Å². The number of hydrogen-bond donors (Lipinski definition) is 2. The molecule has 4 nitrogen and oxygen atoms in total. The van der Waals surface area contributed by atoms with Crippen molar-refractivity contribution in [2.45, 2.75) is 52.2 Å². The summed E-state index contributed by atoms with van der Waals surface area (Å²) in [6, 6.07) is 7.54. The highest BCUT2D eigenvalue weighted by Crippen LogP contribution is 2.10. The summed E-state index contributed by atoms with van der Waals surface area (Å²) in [6.07, 6.45) is 1.55. The smallest absolute Gasteiger partial charge is 0.323 e. The Bertz CT molecular complexity index is 438. The molecule has 1 rings (SSSR count). The molecule has 0 aromatic heterocycles. The van der Waals surface area contributed by atoms with Crippen LogP contribution in [0.25, 0.3) is 0 Å². The third-order valence-electron chi connectivity index (χ3n) is 2.85. The van der Waals surface area contributed by atoms with Crippen molar-refractivity contribution < 1.29 is 9.53 Å². The summed E-state index contributed by atoms with van der Waals surface area (Å²) in [4.78, 5) is 12.0. The van der Waals surface area contributed by atoms with Crippen LogP contribution in [0.1, 0.15) is 39.7 Å². The third kappa shape index (κ3) is 6.06. The van der Waals surface area contributed by atoms with Crippen LogP contribution >= 0.6 is 0 Å². The second-order valence-corrected chi connectivity index (χ2v) is 5.94. The summed E-state index contributed by atoms with van der Waals surface area (Å²) in [5, 5.41) is 3.24. The van der Waals surface area contributed by atoms with Crippen molar-refractivity contribution in [3.63, 3.8) is 0 Å². The Morgan fingerprint density at radius 1 is 1.40 bits per heavy atom. The fraction of sp³-hybridized carbons (Fsp3) is 0.562. The molecule has 1 atom stereocenters. The topological polar surface area (TPSA) is 64.3 Å². The highest BCUT2D eigenvalue weighted by Gasteiger charge is 2.23. The standard InChI is InChI=1S/C16H26N2O2/c1-5-14(15(19)20-16(2,3)4)18-10-9-12-7-6-8-13(17)11-12/h6-8,11,14,18H,5,9-10,17H2,1-4H3. The van der Waals surface area contributed by atoms with Crippen LogP contribution in [0.15, 0.2) is 24.3 Å². The summed E-state index contributed by atoms with van der Waals surface area (Å²) >= 11 is 0. The predicted octanol–water partition coefficient (Wildman–Crippen LogP) is 2.52. The zero-order valence-electron chi connectivity index (χ0n) is 12.9. The zero-order chi connectivity index (χ0) is 15.2. The van der Waals surface area contributed by atoms with E-state index in [2.05, 4.69) is 5.32 Å². The van der Waals surface area contributed by atoms with Gasteiger partial charge in [0.15, 0.2) is 0 Å². The van der Waals surface area contributed by atoms with Crippen molar-refractivity contribution in [1.82, 2.24) is 5.32 Å². The number of carbonyl (C=O) groups is 1. The molecule has 4 heteroatoms. The predicted molar refractivity (Wildman–Crippen MR) is 82.5 cm³/mol. The van der Waals surface area contributed by atoms with Crippen LogP contribution < -0.4 is 11.1 Å². The Hall–Kier alpha value is -1.55. The van der Waals surface area contributed by atoms with E-state index in [-0.39, 0.29) is 12.0 Å². The second kappa shape index (κ2) is 7.29. The average molecular weight is 278 g/mol. The van der Waals surface area contributed by atoms with Crippen molar-refractivity contribution in [2.75, 3.05) is 12.3 Å². The number of nitrogens with two attached hydrogens (primary N) is 1. The van der Waals surface area contributed by atoms with Gasteiger partial charge in [-0.15, -0.1) is 0 Å². The maximum Gasteiger partial charge on any atom is 0.323 e. The zero-order valence-corrected chi connectivity index (χ0v) is 12.9. The molecule has 0 aliphatic carbocycles. The maximum absolute atomic E-state index is 12.0. The SMILES string of the molecule is CCC(NCCc1cccc(N)c1)C(=O)OC(C)(C)C. The van der Waals surface area contributed by atoms with E-state index < -0.39 is 5.60 Å². The number of nitrogens with one attached hydrogen (secondary N) is 1. The van der Waals surface area contributed by atoms with Crippen LogP contribution in [0.4, 0.5) is 5.69 Å². The first-order valence-corrected chi connectivity index (χ1v) is 7.12. The number of carbonyl (C=O) groups excluding carboxylic acids is 1. The van der Waals surface area contributed by atoms with Crippen LogP contribution in [0.3, 0.4) is 0 Å². The van der Waals surface area contributed by atoms with Crippen molar-refractivity contribution in [2.24, 2.45) is 0 Å². The Balaban J connectivity index is 2.43. The van der Waals surface area contributed by atoms with E-state index in [4.69, 9.17) is 10.5 Å². The lowest BCUT2D eigenvalue weighted by atomic mass is 10.1. The second-order valence-electron chi connectivity index (χ2n) is 5.94. The Labute approximate surface area is 121 Å². The largest absolute Gasteiger partial charge is 0.459 e. The number of ether oxygens (including phenoxy) is 1. The fourth-order valence-corrected chi connectivity index (χ4v) is 1.91. The minimum atomic E-state index is -0.444. The molecule has 20 heavy (non-hydrogen) atoms. The van der Waals surface area contributed by atoms with Gasteiger partial charge in [0.05, 0.1) is 0 Å². The van der Waals surface area contributed by atoms with Crippen LogP contribution in [0.2, 0.25) is 0 Å².